The Morgan fingerprint density at radius 2 is 1.87 bits per heavy atom. The highest BCUT2D eigenvalue weighted by Crippen LogP contribution is 2.16. The van der Waals surface area contributed by atoms with Crippen LogP contribution >= 0.6 is 15.9 Å². The number of benzene rings is 2. The molecule has 4 nitrogen and oxygen atoms in total. The van der Waals surface area contributed by atoms with E-state index in [1.165, 1.54) is 36.4 Å². The van der Waals surface area contributed by atoms with Crippen molar-refractivity contribution in [1.29, 1.82) is 0 Å². The number of rotatable bonds is 5. The summed E-state index contributed by atoms with van der Waals surface area (Å²) in [4.78, 5) is 11.8. The number of hydrogen-bond donors (Lipinski definition) is 1. The molecule has 0 fully saturated rings. The first-order valence-electron chi connectivity index (χ1n) is 6.47. The molecule has 2 aromatic carbocycles. The Balaban J connectivity index is 2.05. The molecule has 0 spiro atoms. The summed E-state index contributed by atoms with van der Waals surface area (Å²) in [6.07, 6.45) is -0.423. The van der Waals surface area contributed by atoms with Gasteiger partial charge in [0.2, 0.25) is 15.9 Å². The number of halogens is 3. The molecule has 0 aliphatic heterocycles. The predicted octanol–water partition coefficient (Wildman–Crippen LogP) is 2.92. The van der Waals surface area contributed by atoms with E-state index < -0.39 is 39.7 Å². The minimum Gasteiger partial charge on any atom is -0.274 e. The van der Waals surface area contributed by atoms with Crippen LogP contribution in [0.15, 0.2) is 46.9 Å². The van der Waals surface area contributed by atoms with Crippen molar-refractivity contribution in [1.82, 2.24) is 4.72 Å². The molecule has 0 aliphatic carbocycles. The molecule has 0 saturated heterocycles. The van der Waals surface area contributed by atoms with Gasteiger partial charge in [-0.2, -0.15) is 0 Å². The molecule has 0 saturated carbocycles. The van der Waals surface area contributed by atoms with Gasteiger partial charge in [-0.3, -0.25) is 9.52 Å². The van der Waals surface area contributed by atoms with E-state index >= 15 is 0 Å². The lowest BCUT2D eigenvalue weighted by Crippen LogP contribution is -2.33. The van der Waals surface area contributed by atoms with Crippen molar-refractivity contribution in [2.24, 2.45) is 0 Å². The molecule has 0 atom stereocenters. The molecular formula is C15H12BrF2NO3S. The van der Waals surface area contributed by atoms with Crippen molar-refractivity contribution >= 4 is 31.9 Å². The van der Waals surface area contributed by atoms with Crippen molar-refractivity contribution in [3.8, 4) is 0 Å². The van der Waals surface area contributed by atoms with Crippen LogP contribution < -0.4 is 4.72 Å². The van der Waals surface area contributed by atoms with Crippen LogP contribution in [-0.2, 0) is 27.0 Å². The van der Waals surface area contributed by atoms with Crippen LogP contribution in [0.4, 0.5) is 8.78 Å². The van der Waals surface area contributed by atoms with Crippen molar-refractivity contribution in [3.05, 3.63) is 69.7 Å². The summed E-state index contributed by atoms with van der Waals surface area (Å²) < 4.78 is 52.8. The van der Waals surface area contributed by atoms with E-state index in [0.717, 1.165) is 6.07 Å². The van der Waals surface area contributed by atoms with Crippen molar-refractivity contribution in [3.63, 3.8) is 0 Å². The smallest absolute Gasteiger partial charge is 0.239 e. The number of amides is 1. The highest BCUT2D eigenvalue weighted by atomic mass is 79.9. The van der Waals surface area contributed by atoms with Gasteiger partial charge in [-0.15, -0.1) is 0 Å². The second-order valence-electron chi connectivity index (χ2n) is 4.83. The first-order chi connectivity index (χ1) is 10.7. The first kappa shape index (κ1) is 17.6. The van der Waals surface area contributed by atoms with E-state index in [9.17, 15) is 22.0 Å². The van der Waals surface area contributed by atoms with Crippen LogP contribution in [0.2, 0.25) is 0 Å². The zero-order valence-electron chi connectivity index (χ0n) is 11.7. The quantitative estimate of drug-likeness (QED) is 0.834. The summed E-state index contributed by atoms with van der Waals surface area (Å²) in [6, 6.07) is 9.10. The third kappa shape index (κ3) is 5.40. The lowest BCUT2D eigenvalue weighted by molar-refractivity contribution is -0.118. The van der Waals surface area contributed by atoms with E-state index in [0.29, 0.717) is 4.47 Å². The Bertz CT molecular complexity index is 840. The Labute approximate surface area is 140 Å². The lowest BCUT2D eigenvalue weighted by Gasteiger charge is -2.08. The Kier molecular flexibility index (Phi) is 5.48. The largest absolute Gasteiger partial charge is 0.274 e. The third-order valence-electron chi connectivity index (χ3n) is 2.87. The summed E-state index contributed by atoms with van der Waals surface area (Å²) in [5.74, 6) is -2.58. The summed E-state index contributed by atoms with van der Waals surface area (Å²) >= 11 is 3.15. The van der Waals surface area contributed by atoms with E-state index in [2.05, 4.69) is 15.9 Å². The topological polar surface area (TPSA) is 63.2 Å². The van der Waals surface area contributed by atoms with Crippen LogP contribution in [0.5, 0.6) is 0 Å². The second kappa shape index (κ2) is 7.18. The first-order valence-corrected chi connectivity index (χ1v) is 8.91. The fourth-order valence-corrected chi connectivity index (χ4v) is 3.46. The lowest BCUT2D eigenvalue weighted by atomic mass is 10.1. The van der Waals surface area contributed by atoms with Crippen LogP contribution in [0.25, 0.3) is 0 Å². The summed E-state index contributed by atoms with van der Waals surface area (Å²) in [7, 11) is -3.99. The van der Waals surface area contributed by atoms with Gasteiger partial charge in [-0.1, -0.05) is 28.1 Å². The normalized spacial score (nSPS) is 11.3. The van der Waals surface area contributed by atoms with Crippen LogP contribution in [0.1, 0.15) is 11.1 Å². The zero-order valence-corrected chi connectivity index (χ0v) is 14.1. The summed E-state index contributed by atoms with van der Waals surface area (Å²) in [6.45, 7) is 0. The Morgan fingerprint density at radius 1 is 1.13 bits per heavy atom. The van der Waals surface area contributed by atoms with Gasteiger partial charge < -0.3 is 0 Å². The van der Waals surface area contributed by atoms with Crippen LogP contribution in [0, 0.1) is 11.6 Å². The number of nitrogens with one attached hydrogen (secondary N) is 1. The molecular weight excluding hydrogens is 392 g/mol. The van der Waals surface area contributed by atoms with Gasteiger partial charge in [0.15, 0.2) is 0 Å². The van der Waals surface area contributed by atoms with E-state index in [-0.39, 0.29) is 11.1 Å². The van der Waals surface area contributed by atoms with Gasteiger partial charge >= 0.3 is 0 Å². The molecule has 122 valence electrons. The maximum atomic E-state index is 13.6. The third-order valence-corrected chi connectivity index (χ3v) is 4.62. The molecule has 0 aromatic heterocycles. The minimum absolute atomic E-state index is 0.0674. The molecule has 1 N–H and O–H groups in total. The molecule has 8 heteroatoms. The van der Waals surface area contributed by atoms with E-state index in [1.807, 2.05) is 4.72 Å². The number of sulfonamides is 1. The maximum Gasteiger partial charge on any atom is 0.239 e. The molecule has 2 rings (SSSR count). The standard InChI is InChI=1S/C15H12BrF2NO3S/c16-12-4-5-14(18)11(7-12)8-15(20)19-23(21,22)9-10-2-1-3-13(17)6-10/h1-7H,8-9H2,(H,19,20). The van der Waals surface area contributed by atoms with Crippen molar-refractivity contribution < 1.29 is 22.0 Å². The van der Waals surface area contributed by atoms with Crippen LogP contribution in [-0.4, -0.2) is 14.3 Å². The molecule has 1 amide bonds. The van der Waals surface area contributed by atoms with Crippen molar-refractivity contribution in [2.75, 3.05) is 0 Å². The maximum absolute atomic E-state index is 13.6. The summed E-state index contributed by atoms with van der Waals surface area (Å²) in [5, 5.41) is 0. The highest BCUT2D eigenvalue weighted by molar-refractivity contribution is 9.10. The highest BCUT2D eigenvalue weighted by Gasteiger charge is 2.17. The number of hydrogen-bond acceptors (Lipinski definition) is 3. The minimum atomic E-state index is -3.99. The molecule has 0 unspecified atom stereocenters. The number of carbonyl (C=O) groups is 1. The van der Waals surface area contributed by atoms with E-state index in [4.69, 9.17) is 0 Å². The Morgan fingerprint density at radius 3 is 2.57 bits per heavy atom. The zero-order chi connectivity index (χ0) is 17.0. The fraction of sp³-hybridized carbons (Fsp3) is 0.133. The number of carbonyl (C=O) groups excluding carboxylic acids is 1. The molecule has 0 aliphatic rings. The van der Waals surface area contributed by atoms with Gasteiger partial charge in [-0.25, -0.2) is 17.2 Å². The van der Waals surface area contributed by atoms with Gasteiger partial charge in [0.1, 0.15) is 11.6 Å². The molecule has 23 heavy (non-hydrogen) atoms. The van der Waals surface area contributed by atoms with Crippen LogP contribution in [0.3, 0.4) is 0 Å². The predicted molar refractivity (Wildman–Crippen MR) is 85.0 cm³/mol. The monoisotopic (exact) mass is 403 g/mol. The van der Waals surface area contributed by atoms with Crippen molar-refractivity contribution in [2.45, 2.75) is 12.2 Å². The SMILES string of the molecule is O=C(Cc1cc(Br)ccc1F)NS(=O)(=O)Cc1cccc(F)c1. The van der Waals surface area contributed by atoms with Gasteiger partial charge in [0, 0.05) is 4.47 Å². The molecule has 0 bridgehead atoms. The van der Waals surface area contributed by atoms with Gasteiger partial charge in [0.05, 0.1) is 12.2 Å². The van der Waals surface area contributed by atoms with E-state index in [1.54, 1.807) is 0 Å². The van der Waals surface area contributed by atoms with Gasteiger partial charge in [0.25, 0.3) is 0 Å². The summed E-state index contributed by atoms with van der Waals surface area (Å²) in [5.41, 5.74) is 0.275. The fourth-order valence-electron chi connectivity index (χ4n) is 1.94. The average molecular weight is 404 g/mol. The average Bonchev–Trinajstić information content (AvgIpc) is 2.41. The Hall–Kier alpha value is -1.80. The molecule has 0 heterocycles. The molecule has 0 radical (unpaired) electrons. The molecule has 2 aromatic rings. The second-order valence-corrected chi connectivity index (χ2v) is 7.46. The van der Waals surface area contributed by atoms with Gasteiger partial charge in [-0.05, 0) is 41.5 Å².